The molecule has 2 nitrogen and oxygen atoms in total. The summed E-state index contributed by atoms with van der Waals surface area (Å²) in [6, 6.07) is 4.62. The molecular weight excluding hydrogens is 229 g/mol. The number of fused-ring (bicyclic) bond motifs is 1. The number of hydrogen-bond donors (Lipinski definition) is 1. The quantitative estimate of drug-likeness (QED) is 0.879. The van der Waals surface area contributed by atoms with Gasteiger partial charge in [-0.2, -0.15) is 0 Å². The van der Waals surface area contributed by atoms with Crippen LogP contribution in [-0.2, 0) is 0 Å². The number of rotatable bonds is 4. The zero-order valence-corrected chi connectivity index (χ0v) is 11.2. The van der Waals surface area contributed by atoms with Gasteiger partial charge < -0.3 is 10.5 Å². The lowest BCUT2D eigenvalue weighted by atomic mass is 9.81. The van der Waals surface area contributed by atoms with E-state index in [1.54, 1.807) is 6.07 Å². The van der Waals surface area contributed by atoms with E-state index >= 15 is 0 Å². The maximum Gasteiger partial charge on any atom is 0.127 e. The molecule has 0 bridgehead atoms. The normalized spacial score (nSPS) is 21.2. The van der Waals surface area contributed by atoms with Gasteiger partial charge in [0.25, 0.3) is 0 Å². The second-order valence-electron chi connectivity index (χ2n) is 5.28. The van der Waals surface area contributed by atoms with E-state index in [4.69, 9.17) is 10.5 Å². The Morgan fingerprint density at radius 2 is 2.00 bits per heavy atom. The molecule has 0 radical (unpaired) electrons. The number of nitrogens with two attached hydrogens (primary N) is 1. The molecule has 0 aliphatic carbocycles. The molecule has 2 N–H and O–H groups in total. The Kier molecular flexibility index (Phi) is 3.91. The Balaban J connectivity index is 2.34. The van der Waals surface area contributed by atoms with Crippen molar-refractivity contribution in [2.24, 2.45) is 5.73 Å². The highest BCUT2D eigenvalue weighted by Gasteiger charge is 2.38. The van der Waals surface area contributed by atoms with Crippen molar-refractivity contribution in [3.63, 3.8) is 0 Å². The fourth-order valence-corrected chi connectivity index (χ4v) is 3.03. The maximum atomic E-state index is 13.3. The highest BCUT2D eigenvalue weighted by molar-refractivity contribution is 5.39. The van der Waals surface area contributed by atoms with Crippen LogP contribution in [0.25, 0.3) is 0 Å². The smallest absolute Gasteiger partial charge is 0.127 e. The van der Waals surface area contributed by atoms with Crippen molar-refractivity contribution in [2.75, 3.05) is 0 Å². The van der Waals surface area contributed by atoms with E-state index in [9.17, 15) is 4.39 Å². The topological polar surface area (TPSA) is 35.2 Å². The van der Waals surface area contributed by atoms with E-state index in [2.05, 4.69) is 13.8 Å². The van der Waals surface area contributed by atoms with Crippen molar-refractivity contribution in [3.05, 3.63) is 29.6 Å². The van der Waals surface area contributed by atoms with Gasteiger partial charge in [0.15, 0.2) is 0 Å². The average molecular weight is 251 g/mol. The van der Waals surface area contributed by atoms with Crippen LogP contribution in [-0.4, -0.2) is 5.60 Å². The van der Waals surface area contributed by atoms with Crippen LogP contribution in [0, 0.1) is 5.82 Å². The first-order valence-electron chi connectivity index (χ1n) is 6.84. The van der Waals surface area contributed by atoms with Crippen LogP contribution >= 0.6 is 0 Å². The molecule has 0 saturated heterocycles. The Morgan fingerprint density at radius 1 is 1.33 bits per heavy atom. The summed E-state index contributed by atoms with van der Waals surface area (Å²) in [6.45, 7) is 4.29. The van der Waals surface area contributed by atoms with E-state index in [0.717, 1.165) is 37.7 Å². The molecule has 1 heterocycles. The summed E-state index contributed by atoms with van der Waals surface area (Å²) < 4.78 is 19.5. The minimum Gasteiger partial charge on any atom is -0.487 e. The lowest BCUT2D eigenvalue weighted by Gasteiger charge is -2.41. The van der Waals surface area contributed by atoms with E-state index in [1.807, 2.05) is 0 Å². The fourth-order valence-electron chi connectivity index (χ4n) is 3.03. The Labute approximate surface area is 108 Å². The summed E-state index contributed by atoms with van der Waals surface area (Å²) >= 11 is 0. The van der Waals surface area contributed by atoms with E-state index in [-0.39, 0.29) is 17.5 Å². The SMILES string of the molecule is CCCC1(CCC)C[C@@H](N)c2ccc(F)cc2O1. The van der Waals surface area contributed by atoms with Gasteiger partial charge in [-0.3, -0.25) is 0 Å². The molecule has 1 aliphatic heterocycles. The average Bonchev–Trinajstić information content (AvgIpc) is 2.28. The van der Waals surface area contributed by atoms with Gasteiger partial charge in [0.1, 0.15) is 17.2 Å². The molecule has 1 aliphatic rings. The van der Waals surface area contributed by atoms with Crippen molar-refractivity contribution in [3.8, 4) is 5.75 Å². The maximum absolute atomic E-state index is 13.3. The zero-order valence-electron chi connectivity index (χ0n) is 11.2. The molecule has 1 atom stereocenters. The lowest BCUT2D eigenvalue weighted by Crippen LogP contribution is -2.42. The van der Waals surface area contributed by atoms with Gasteiger partial charge in [-0.1, -0.05) is 32.8 Å². The van der Waals surface area contributed by atoms with Gasteiger partial charge in [-0.05, 0) is 18.9 Å². The standard InChI is InChI=1S/C15H22FNO/c1-3-7-15(8-4-2)10-13(17)12-6-5-11(16)9-14(12)18-15/h5-6,9,13H,3-4,7-8,10,17H2,1-2H3/t13-/m1/s1. The summed E-state index contributed by atoms with van der Waals surface area (Å²) in [7, 11) is 0. The van der Waals surface area contributed by atoms with Crippen LogP contribution in [0.15, 0.2) is 18.2 Å². The third-order valence-electron chi connectivity index (χ3n) is 3.70. The van der Waals surface area contributed by atoms with Gasteiger partial charge in [-0.15, -0.1) is 0 Å². The van der Waals surface area contributed by atoms with Gasteiger partial charge >= 0.3 is 0 Å². The molecule has 18 heavy (non-hydrogen) atoms. The van der Waals surface area contributed by atoms with E-state index in [1.165, 1.54) is 12.1 Å². The van der Waals surface area contributed by atoms with Crippen molar-refractivity contribution in [2.45, 2.75) is 57.6 Å². The van der Waals surface area contributed by atoms with Crippen molar-refractivity contribution in [1.29, 1.82) is 0 Å². The van der Waals surface area contributed by atoms with E-state index in [0.29, 0.717) is 5.75 Å². The summed E-state index contributed by atoms with van der Waals surface area (Å²) in [5, 5.41) is 0. The van der Waals surface area contributed by atoms with Crippen LogP contribution in [0.5, 0.6) is 5.75 Å². The fraction of sp³-hybridized carbons (Fsp3) is 0.600. The third kappa shape index (κ3) is 2.51. The second-order valence-corrected chi connectivity index (χ2v) is 5.28. The number of ether oxygens (including phenoxy) is 1. The molecule has 0 amide bonds. The van der Waals surface area contributed by atoms with E-state index < -0.39 is 0 Å². The first-order valence-corrected chi connectivity index (χ1v) is 6.84. The summed E-state index contributed by atoms with van der Waals surface area (Å²) in [5.41, 5.74) is 6.96. The number of benzene rings is 1. The minimum absolute atomic E-state index is 0.0487. The lowest BCUT2D eigenvalue weighted by molar-refractivity contribution is 0.0176. The molecular formula is C15H22FNO. The number of halogens is 1. The molecule has 0 spiro atoms. The molecule has 3 heteroatoms. The third-order valence-corrected chi connectivity index (χ3v) is 3.70. The molecule has 0 fully saturated rings. The summed E-state index contributed by atoms with van der Waals surface area (Å²) in [4.78, 5) is 0. The molecule has 1 aromatic carbocycles. The summed E-state index contributed by atoms with van der Waals surface area (Å²) in [6.07, 6.45) is 4.89. The van der Waals surface area contributed by atoms with Crippen molar-refractivity contribution in [1.82, 2.24) is 0 Å². The molecule has 1 aromatic rings. The molecule has 0 saturated carbocycles. The molecule has 0 unspecified atom stereocenters. The largest absolute Gasteiger partial charge is 0.487 e. The highest BCUT2D eigenvalue weighted by Crippen LogP contribution is 2.43. The molecule has 0 aromatic heterocycles. The number of hydrogen-bond acceptors (Lipinski definition) is 2. The molecule has 2 rings (SSSR count). The van der Waals surface area contributed by atoms with Crippen molar-refractivity contribution < 1.29 is 9.13 Å². The van der Waals surface area contributed by atoms with Crippen molar-refractivity contribution >= 4 is 0 Å². The van der Waals surface area contributed by atoms with Gasteiger partial charge in [-0.25, -0.2) is 4.39 Å². The van der Waals surface area contributed by atoms with Gasteiger partial charge in [0.2, 0.25) is 0 Å². The second kappa shape index (κ2) is 5.27. The Hall–Kier alpha value is -1.09. The van der Waals surface area contributed by atoms with Crippen LogP contribution in [0.4, 0.5) is 4.39 Å². The summed E-state index contributed by atoms with van der Waals surface area (Å²) in [5.74, 6) is 0.375. The van der Waals surface area contributed by atoms with Crippen LogP contribution in [0.2, 0.25) is 0 Å². The first-order chi connectivity index (χ1) is 8.60. The monoisotopic (exact) mass is 251 g/mol. The predicted octanol–water partition coefficient (Wildman–Crippen LogP) is 3.95. The van der Waals surface area contributed by atoms with Crippen LogP contribution in [0.3, 0.4) is 0 Å². The van der Waals surface area contributed by atoms with Crippen LogP contribution in [0.1, 0.15) is 57.6 Å². The van der Waals surface area contributed by atoms with Gasteiger partial charge in [0, 0.05) is 24.1 Å². The Bertz CT molecular complexity index is 413. The highest BCUT2D eigenvalue weighted by atomic mass is 19.1. The zero-order chi connectivity index (χ0) is 13.2. The van der Waals surface area contributed by atoms with Gasteiger partial charge in [0.05, 0.1) is 0 Å². The Morgan fingerprint density at radius 3 is 2.61 bits per heavy atom. The predicted molar refractivity (Wildman–Crippen MR) is 71.1 cm³/mol. The van der Waals surface area contributed by atoms with Crippen LogP contribution < -0.4 is 10.5 Å². The minimum atomic E-state index is -0.259. The first kappa shape index (κ1) is 13.3. The molecule has 100 valence electrons.